The number of aromatic nitrogens is 2. The van der Waals surface area contributed by atoms with Crippen molar-refractivity contribution in [1.82, 2.24) is 19.8 Å². The van der Waals surface area contributed by atoms with Crippen molar-refractivity contribution in [2.24, 2.45) is 0 Å². The van der Waals surface area contributed by atoms with Crippen molar-refractivity contribution >= 4 is 44.8 Å². The number of halogens is 1. The Balaban J connectivity index is 1.42. The van der Waals surface area contributed by atoms with Crippen LogP contribution >= 0.6 is 27.3 Å². The summed E-state index contributed by atoms with van der Waals surface area (Å²) in [7, 11) is 0. The molecule has 1 amide bonds. The van der Waals surface area contributed by atoms with Crippen LogP contribution in [0.1, 0.15) is 17.3 Å². The summed E-state index contributed by atoms with van der Waals surface area (Å²) in [6.07, 6.45) is 1.74. The largest absolute Gasteiger partial charge is 0.336 e. The molecule has 1 fully saturated rings. The number of nitrogens with zero attached hydrogens (tertiary/aromatic N) is 4. The maximum Gasteiger partial charge on any atom is 0.253 e. The molecule has 150 valence electrons. The smallest absolute Gasteiger partial charge is 0.253 e. The Hall–Kier alpha value is -2.29. The number of hydrogen-bond acceptors (Lipinski definition) is 6. The summed E-state index contributed by atoms with van der Waals surface area (Å²) in [5.41, 5.74) is 2.43. The highest BCUT2D eigenvalue weighted by Gasteiger charge is 2.21. The molecule has 8 heteroatoms. The van der Waals surface area contributed by atoms with Crippen molar-refractivity contribution in [1.29, 1.82) is 0 Å². The highest BCUT2D eigenvalue weighted by molar-refractivity contribution is 9.11. The molecule has 3 aromatic rings. The van der Waals surface area contributed by atoms with Crippen LogP contribution in [0.25, 0.3) is 10.6 Å². The molecule has 0 bridgehead atoms. The number of hydrogen-bond donors (Lipinski definition) is 1. The fraction of sp³-hybridized carbons (Fsp3) is 0.286. The van der Waals surface area contributed by atoms with Crippen molar-refractivity contribution < 1.29 is 4.79 Å². The van der Waals surface area contributed by atoms with Crippen molar-refractivity contribution in [3.8, 4) is 10.6 Å². The first kappa shape index (κ1) is 20.0. The Bertz CT molecular complexity index is 983. The van der Waals surface area contributed by atoms with E-state index in [-0.39, 0.29) is 5.91 Å². The minimum atomic E-state index is 0.0915. The fourth-order valence-corrected chi connectivity index (χ4v) is 4.64. The second-order valence-electron chi connectivity index (χ2n) is 6.80. The summed E-state index contributed by atoms with van der Waals surface area (Å²) in [6, 6.07) is 13.4. The lowest BCUT2D eigenvalue weighted by atomic mass is 10.1. The number of anilines is 2. The Labute approximate surface area is 182 Å². The van der Waals surface area contributed by atoms with Gasteiger partial charge in [-0.25, -0.2) is 9.97 Å². The first-order chi connectivity index (χ1) is 14.1. The third-order valence-electron chi connectivity index (χ3n) is 4.98. The number of amides is 1. The predicted octanol–water partition coefficient (Wildman–Crippen LogP) is 4.49. The van der Waals surface area contributed by atoms with Gasteiger partial charge in [-0.2, -0.15) is 0 Å². The van der Waals surface area contributed by atoms with Gasteiger partial charge in [0.25, 0.3) is 5.91 Å². The standard InChI is InChI=1S/C21H22BrN5OS/c1-2-26-11-13-27(14-12-26)20(28)15-3-5-16(6-4-15)24-21-23-10-9-17(25-21)18-7-8-19(22)29-18/h3-10H,2,11-14H2,1H3,(H,23,24,25). The lowest BCUT2D eigenvalue weighted by molar-refractivity contribution is 0.0643. The van der Waals surface area contributed by atoms with Gasteiger partial charge in [-0.3, -0.25) is 4.79 Å². The predicted molar refractivity (Wildman–Crippen MR) is 121 cm³/mol. The molecular formula is C21H22BrN5OS. The number of thiophene rings is 1. The minimum Gasteiger partial charge on any atom is -0.336 e. The van der Waals surface area contributed by atoms with E-state index >= 15 is 0 Å². The number of benzene rings is 1. The zero-order valence-electron chi connectivity index (χ0n) is 16.1. The average Bonchev–Trinajstić information content (AvgIpc) is 3.20. The zero-order chi connectivity index (χ0) is 20.2. The first-order valence-corrected chi connectivity index (χ1v) is 11.2. The highest BCUT2D eigenvalue weighted by atomic mass is 79.9. The number of rotatable bonds is 5. The molecule has 2 aromatic heterocycles. The van der Waals surface area contributed by atoms with Gasteiger partial charge < -0.3 is 15.1 Å². The van der Waals surface area contributed by atoms with E-state index in [9.17, 15) is 4.79 Å². The topological polar surface area (TPSA) is 61.4 Å². The number of carbonyl (C=O) groups is 1. The van der Waals surface area contributed by atoms with Crippen LogP contribution in [0.5, 0.6) is 0 Å². The Morgan fingerprint density at radius 1 is 1.10 bits per heavy atom. The zero-order valence-corrected chi connectivity index (χ0v) is 18.5. The van der Waals surface area contributed by atoms with Crippen LogP contribution in [-0.2, 0) is 0 Å². The molecular weight excluding hydrogens is 450 g/mol. The van der Waals surface area contributed by atoms with Gasteiger partial charge >= 0.3 is 0 Å². The molecule has 1 aromatic carbocycles. The number of likely N-dealkylation sites (N-methyl/N-ethyl adjacent to an activating group) is 1. The van der Waals surface area contributed by atoms with Crippen LogP contribution in [-0.4, -0.2) is 58.4 Å². The molecule has 1 aliphatic rings. The molecule has 3 heterocycles. The van der Waals surface area contributed by atoms with Gasteiger partial charge in [0.15, 0.2) is 0 Å². The number of piperazine rings is 1. The second kappa shape index (κ2) is 9.02. The first-order valence-electron chi connectivity index (χ1n) is 9.60. The summed E-state index contributed by atoms with van der Waals surface area (Å²) >= 11 is 5.11. The van der Waals surface area contributed by atoms with E-state index in [0.717, 1.165) is 52.8 Å². The summed E-state index contributed by atoms with van der Waals surface area (Å²) < 4.78 is 1.07. The number of nitrogens with one attached hydrogen (secondary N) is 1. The Morgan fingerprint density at radius 2 is 1.86 bits per heavy atom. The van der Waals surface area contributed by atoms with Gasteiger partial charge in [0.1, 0.15) is 0 Å². The number of carbonyl (C=O) groups excluding carboxylic acids is 1. The van der Waals surface area contributed by atoms with E-state index in [2.05, 4.69) is 43.0 Å². The van der Waals surface area contributed by atoms with Gasteiger partial charge in [0.05, 0.1) is 14.4 Å². The van der Waals surface area contributed by atoms with Crippen LogP contribution in [0.3, 0.4) is 0 Å². The summed E-state index contributed by atoms with van der Waals surface area (Å²) in [4.78, 5) is 27.0. The van der Waals surface area contributed by atoms with Crippen molar-refractivity contribution in [3.63, 3.8) is 0 Å². The van der Waals surface area contributed by atoms with Crippen LogP contribution in [0.4, 0.5) is 11.6 Å². The lowest BCUT2D eigenvalue weighted by Gasteiger charge is -2.34. The quantitative estimate of drug-likeness (QED) is 0.593. The van der Waals surface area contributed by atoms with Gasteiger partial charge in [-0.1, -0.05) is 6.92 Å². The van der Waals surface area contributed by atoms with E-state index in [1.807, 2.05) is 47.4 Å². The third kappa shape index (κ3) is 4.83. The molecule has 0 spiro atoms. The Kier molecular flexibility index (Phi) is 6.22. The van der Waals surface area contributed by atoms with Crippen LogP contribution in [0.15, 0.2) is 52.4 Å². The maximum absolute atomic E-state index is 12.7. The molecule has 0 saturated carbocycles. The normalized spacial score (nSPS) is 14.8. The van der Waals surface area contributed by atoms with Crippen LogP contribution in [0.2, 0.25) is 0 Å². The summed E-state index contributed by atoms with van der Waals surface area (Å²) in [6.45, 7) is 6.64. The van der Waals surface area contributed by atoms with Crippen LogP contribution < -0.4 is 5.32 Å². The monoisotopic (exact) mass is 471 g/mol. The lowest BCUT2D eigenvalue weighted by Crippen LogP contribution is -2.48. The third-order valence-corrected chi connectivity index (χ3v) is 6.62. The highest BCUT2D eigenvalue weighted by Crippen LogP contribution is 2.30. The van der Waals surface area contributed by atoms with Crippen molar-refractivity contribution in [3.05, 3.63) is 58.0 Å². The van der Waals surface area contributed by atoms with Crippen molar-refractivity contribution in [2.45, 2.75) is 6.92 Å². The van der Waals surface area contributed by atoms with Gasteiger partial charge in [-0.15, -0.1) is 11.3 Å². The second-order valence-corrected chi connectivity index (χ2v) is 9.26. The van der Waals surface area contributed by atoms with Crippen molar-refractivity contribution in [2.75, 3.05) is 38.0 Å². The molecule has 1 aliphatic heterocycles. The average molecular weight is 472 g/mol. The van der Waals surface area contributed by atoms with E-state index in [0.29, 0.717) is 11.5 Å². The fourth-order valence-electron chi connectivity index (χ4n) is 3.28. The molecule has 29 heavy (non-hydrogen) atoms. The Morgan fingerprint density at radius 3 is 2.52 bits per heavy atom. The molecule has 0 atom stereocenters. The van der Waals surface area contributed by atoms with Gasteiger partial charge in [0.2, 0.25) is 5.95 Å². The molecule has 0 unspecified atom stereocenters. The van der Waals surface area contributed by atoms with E-state index in [1.165, 1.54) is 0 Å². The molecule has 4 rings (SSSR count). The van der Waals surface area contributed by atoms with E-state index in [4.69, 9.17) is 0 Å². The molecule has 1 saturated heterocycles. The maximum atomic E-state index is 12.7. The minimum absolute atomic E-state index is 0.0915. The van der Waals surface area contributed by atoms with E-state index < -0.39 is 0 Å². The van der Waals surface area contributed by atoms with Crippen LogP contribution in [0, 0.1) is 0 Å². The van der Waals surface area contributed by atoms with E-state index in [1.54, 1.807) is 17.5 Å². The summed E-state index contributed by atoms with van der Waals surface area (Å²) in [5.74, 6) is 0.621. The van der Waals surface area contributed by atoms with Gasteiger partial charge in [0, 0.05) is 43.6 Å². The molecule has 6 nitrogen and oxygen atoms in total. The SMILES string of the molecule is CCN1CCN(C(=O)c2ccc(Nc3nccc(-c4ccc(Br)s4)n3)cc2)CC1. The molecule has 0 aliphatic carbocycles. The van der Waals surface area contributed by atoms with Gasteiger partial charge in [-0.05, 0) is 64.9 Å². The molecule has 1 N–H and O–H groups in total. The summed E-state index contributed by atoms with van der Waals surface area (Å²) in [5, 5.41) is 3.22. The molecule has 0 radical (unpaired) electrons.